The highest BCUT2D eigenvalue weighted by molar-refractivity contribution is 6.30. The molecule has 26 heavy (non-hydrogen) atoms. The van der Waals surface area contributed by atoms with Gasteiger partial charge in [0.2, 0.25) is 0 Å². The van der Waals surface area contributed by atoms with Gasteiger partial charge < -0.3 is 14.0 Å². The first-order chi connectivity index (χ1) is 12.5. The summed E-state index contributed by atoms with van der Waals surface area (Å²) in [7, 11) is 0. The molecular weight excluding hydrogens is 354 g/mol. The summed E-state index contributed by atoms with van der Waals surface area (Å²) in [6, 6.07) is 15.8. The molecule has 0 aliphatic heterocycles. The van der Waals surface area contributed by atoms with Gasteiger partial charge in [0.15, 0.2) is 5.76 Å². The lowest BCUT2D eigenvalue weighted by atomic mass is 10.2. The first kappa shape index (κ1) is 18.0. The van der Waals surface area contributed by atoms with Gasteiger partial charge in [-0.2, -0.15) is 0 Å². The van der Waals surface area contributed by atoms with E-state index in [9.17, 15) is 4.79 Å². The van der Waals surface area contributed by atoms with Crippen LogP contribution in [-0.2, 0) is 11.3 Å². The minimum absolute atomic E-state index is 0.0279. The summed E-state index contributed by atoms with van der Waals surface area (Å²) in [5.41, 5.74) is 1.82. The number of carbonyl (C=O) groups excluding carboxylic acids is 1. The maximum Gasteiger partial charge on any atom is 0.338 e. The van der Waals surface area contributed by atoms with Crippen LogP contribution in [0.5, 0.6) is 5.75 Å². The van der Waals surface area contributed by atoms with Gasteiger partial charge in [0.1, 0.15) is 18.1 Å². The predicted molar refractivity (Wildman–Crippen MR) is 98.3 cm³/mol. The summed E-state index contributed by atoms with van der Waals surface area (Å²) in [5.74, 6) is 0.862. The van der Waals surface area contributed by atoms with E-state index in [0.29, 0.717) is 27.8 Å². The number of halogens is 1. The average molecular weight is 372 g/mol. The van der Waals surface area contributed by atoms with Gasteiger partial charge in [0.05, 0.1) is 11.7 Å². The van der Waals surface area contributed by atoms with Crippen molar-refractivity contribution in [1.29, 1.82) is 0 Å². The third-order valence-electron chi connectivity index (χ3n) is 3.50. The van der Waals surface area contributed by atoms with E-state index in [1.807, 2.05) is 26.0 Å². The first-order valence-corrected chi connectivity index (χ1v) is 8.54. The average Bonchev–Trinajstić information content (AvgIpc) is 3.09. The molecule has 6 heteroatoms. The standard InChI is InChI=1S/C20H18ClNO4/c1-13(2)25-18-9-5-15(6-10-18)20(23)24-12-17-11-19(26-22-17)14-3-7-16(21)8-4-14/h3-11,13H,12H2,1-2H3. The highest BCUT2D eigenvalue weighted by Crippen LogP contribution is 2.23. The van der Waals surface area contributed by atoms with Gasteiger partial charge in [-0.15, -0.1) is 0 Å². The number of aromatic nitrogens is 1. The van der Waals surface area contributed by atoms with Crippen LogP contribution < -0.4 is 4.74 Å². The monoisotopic (exact) mass is 371 g/mol. The van der Waals surface area contributed by atoms with E-state index in [4.69, 9.17) is 25.6 Å². The lowest BCUT2D eigenvalue weighted by Gasteiger charge is -2.09. The zero-order valence-electron chi connectivity index (χ0n) is 14.4. The van der Waals surface area contributed by atoms with Crippen molar-refractivity contribution in [3.8, 4) is 17.1 Å². The molecule has 1 heterocycles. The van der Waals surface area contributed by atoms with Crippen LogP contribution >= 0.6 is 11.6 Å². The minimum atomic E-state index is -0.433. The molecule has 0 unspecified atom stereocenters. The van der Waals surface area contributed by atoms with Crippen LogP contribution in [0, 0.1) is 0 Å². The van der Waals surface area contributed by atoms with E-state index in [-0.39, 0.29) is 12.7 Å². The summed E-state index contributed by atoms with van der Waals surface area (Å²) in [6.45, 7) is 3.91. The van der Waals surface area contributed by atoms with Crippen LogP contribution in [0.2, 0.25) is 5.02 Å². The van der Waals surface area contributed by atoms with Crippen LogP contribution in [0.4, 0.5) is 0 Å². The van der Waals surface area contributed by atoms with Crippen molar-refractivity contribution in [2.24, 2.45) is 0 Å². The van der Waals surface area contributed by atoms with E-state index in [1.165, 1.54) is 0 Å². The minimum Gasteiger partial charge on any atom is -0.491 e. The van der Waals surface area contributed by atoms with Crippen molar-refractivity contribution in [3.63, 3.8) is 0 Å². The number of benzene rings is 2. The fourth-order valence-corrected chi connectivity index (χ4v) is 2.42. The highest BCUT2D eigenvalue weighted by atomic mass is 35.5. The third-order valence-corrected chi connectivity index (χ3v) is 3.75. The van der Waals surface area contributed by atoms with Gasteiger partial charge in [-0.25, -0.2) is 4.79 Å². The van der Waals surface area contributed by atoms with E-state index in [2.05, 4.69) is 5.16 Å². The van der Waals surface area contributed by atoms with Crippen LogP contribution in [0.3, 0.4) is 0 Å². The molecule has 0 radical (unpaired) electrons. The Labute approximate surface area is 156 Å². The highest BCUT2D eigenvalue weighted by Gasteiger charge is 2.11. The molecule has 0 saturated heterocycles. The third kappa shape index (κ3) is 4.64. The van der Waals surface area contributed by atoms with Crippen LogP contribution in [0.15, 0.2) is 59.1 Å². The lowest BCUT2D eigenvalue weighted by molar-refractivity contribution is 0.0464. The molecule has 5 nitrogen and oxygen atoms in total. The Bertz CT molecular complexity index is 870. The summed E-state index contributed by atoms with van der Waals surface area (Å²) >= 11 is 5.87. The molecule has 0 N–H and O–H groups in total. The number of carbonyl (C=O) groups is 1. The maximum absolute atomic E-state index is 12.1. The van der Waals surface area contributed by atoms with Crippen molar-refractivity contribution in [2.75, 3.05) is 0 Å². The SMILES string of the molecule is CC(C)Oc1ccc(C(=O)OCc2cc(-c3ccc(Cl)cc3)on2)cc1. The van der Waals surface area contributed by atoms with Crippen molar-refractivity contribution in [1.82, 2.24) is 5.16 Å². The zero-order chi connectivity index (χ0) is 18.5. The summed E-state index contributed by atoms with van der Waals surface area (Å²) in [6.07, 6.45) is 0.0785. The second-order valence-electron chi connectivity index (χ2n) is 5.96. The summed E-state index contributed by atoms with van der Waals surface area (Å²) < 4.78 is 16.1. The van der Waals surface area contributed by atoms with Crippen molar-refractivity contribution in [3.05, 3.63) is 70.9 Å². The quantitative estimate of drug-likeness (QED) is 0.561. The fourth-order valence-electron chi connectivity index (χ4n) is 2.29. The number of nitrogens with zero attached hydrogens (tertiary/aromatic N) is 1. The molecule has 0 aliphatic rings. The Balaban J connectivity index is 1.58. The van der Waals surface area contributed by atoms with Crippen LogP contribution in [0.1, 0.15) is 29.9 Å². The number of hydrogen-bond acceptors (Lipinski definition) is 5. The number of esters is 1. The maximum atomic E-state index is 12.1. The molecule has 3 rings (SSSR count). The van der Waals surface area contributed by atoms with Crippen molar-refractivity contribution in [2.45, 2.75) is 26.6 Å². The first-order valence-electron chi connectivity index (χ1n) is 8.16. The van der Waals surface area contributed by atoms with E-state index >= 15 is 0 Å². The molecule has 1 aromatic heterocycles. The van der Waals surface area contributed by atoms with E-state index in [1.54, 1.807) is 42.5 Å². The van der Waals surface area contributed by atoms with Crippen LogP contribution in [-0.4, -0.2) is 17.2 Å². The molecular formula is C20H18ClNO4. The topological polar surface area (TPSA) is 61.6 Å². The van der Waals surface area contributed by atoms with Crippen LogP contribution in [0.25, 0.3) is 11.3 Å². The molecule has 0 spiro atoms. The Morgan fingerprint density at radius 1 is 1.12 bits per heavy atom. The molecule has 134 valence electrons. The normalized spacial score (nSPS) is 10.8. The van der Waals surface area contributed by atoms with Gasteiger partial charge in [0.25, 0.3) is 0 Å². The molecule has 0 amide bonds. The van der Waals surface area contributed by atoms with Gasteiger partial charge in [0, 0.05) is 16.7 Å². The second-order valence-corrected chi connectivity index (χ2v) is 6.39. The second kappa shape index (κ2) is 8.06. The van der Waals surface area contributed by atoms with Crippen molar-refractivity contribution >= 4 is 17.6 Å². The van der Waals surface area contributed by atoms with Gasteiger partial charge in [-0.1, -0.05) is 16.8 Å². The molecule has 0 bridgehead atoms. The Morgan fingerprint density at radius 3 is 2.46 bits per heavy atom. The smallest absolute Gasteiger partial charge is 0.338 e. The van der Waals surface area contributed by atoms with Gasteiger partial charge >= 0.3 is 5.97 Å². The Hall–Kier alpha value is -2.79. The lowest BCUT2D eigenvalue weighted by Crippen LogP contribution is -2.07. The summed E-state index contributed by atoms with van der Waals surface area (Å²) in [4.78, 5) is 12.1. The number of rotatable bonds is 6. The largest absolute Gasteiger partial charge is 0.491 e. The molecule has 0 aliphatic carbocycles. The van der Waals surface area contributed by atoms with E-state index in [0.717, 1.165) is 5.56 Å². The zero-order valence-corrected chi connectivity index (χ0v) is 15.2. The Kier molecular flexibility index (Phi) is 5.58. The molecule has 0 atom stereocenters. The number of ether oxygens (including phenoxy) is 2. The predicted octanol–water partition coefficient (Wildman–Crippen LogP) is 5.14. The van der Waals surface area contributed by atoms with Gasteiger partial charge in [-0.05, 0) is 62.4 Å². The molecule has 2 aromatic carbocycles. The number of hydrogen-bond donors (Lipinski definition) is 0. The Morgan fingerprint density at radius 2 is 1.81 bits per heavy atom. The van der Waals surface area contributed by atoms with Crippen molar-refractivity contribution < 1.29 is 18.8 Å². The molecule has 0 saturated carbocycles. The summed E-state index contributed by atoms with van der Waals surface area (Å²) in [5, 5.41) is 4.57. The molecule has 0 fully saturated rings. The van der Waals surface area contributed by atoms with E-state index < -0.39 is 5.97 Å². The molecule has 3 aromatic rings. The van der Waals surface area contributed by atoms with Gasteiger partial charge in [-0.3, -0.25) is 0 Å². The fraction of sp³-hybridized carbons (Fsp3) is 0.200.